The van der Waals surface area contributed by atoms with Gasteiger partial charge in [0, 0.05) is 0 Å². The molecule has 0 saturated heterocycles. The Balaban J connectivity index is 0.000000251. The molecule has 0 aromatic carbocycles. The van der Waals surface area contributed by atoms with E-state index in [1.165, 1.54) is 24.4 Å². The molecule has 2 rings (SSSR count). The number of carbonyl (C=O) groups excluding carboxylic acids is 1. The van der Waals surface area contributed by atoms with Gasteiger partial charge in [0.2, 0.25) is 10.0 Å². The summed E-state index contributed by atoms with van der Waals surface area (Å²) in [6.07, 6.45) is 2.34. The van der Waals surface area contributed by atoms with E-state index in [-0.39, 0.29) is 5.56 Å². The Bertz CT molecular complexity index is 897. The van der Waals surface area contributed by atoms with E-state index in [2.05, 4.69) is 9.97 Å². The molecule has 0 bridgehead atoms. The second-order valence-electron chi connectivity index (χ2n) is 4.12. The summed E-state index contributed by atoms with van der Waals surface area (Å²) in [5.41, 5.74) is 4.69. The van der Waals surface area contributed by atoms with Crippen molar-refractivity contribution < 1.29 is 23.1 Å². The first-order chi connectivity index (χ1) is 11.6. The third-order valence-corrected chi connectivity index (χ3v) is 3.39. The number of nitrogens with zero attached hydrogens (tertiary/aromatic N) is 4. The lowest BCUT2D eigenvalue weighted by atomic mass is 10.2. The molecule has 13 nitrogen and oxygen atoms in total. The summed E-state index contributed by atoms with van der Waals surface area (Å²) in [6, 6.07) is 4.95. The number of hydrogen-bond donors (Lipinski definition) is 2. The quantitative estimate of drug-likeness (QED) is 0.533. The topological polar surface area (TPSA) is 215 Å². The highest BCUT2D eigenvalue weighted by molar-refractivity contribution is 7.89. The highest BCUT2D eigenvalue weighted by Gasteiger charge is 2.22. The van der Waals surface area contributed by atoms with Gasteiger partial charge in [0.25, 0.3) is 5.91 Å². The third-order valence-electron chi connectivity index (χ3n) is 2.46. The molecule has 0 saturated carbocycles. The van der Waals surface area contributed by atoms with Gasteiger partial charge in [0.05, 0.1) is 0 Å². The van der Waals surface area contributed by atoms with Crippen LogP contribution in [0.5, 0.6) is 0 Å². The summed E-state index contributed by atoms with van der Waals surface area (Å²) in [5, 5.41) is 25.3. The van der Waals surface area contributed by atoms with Crippen LogP contribution < -0.4 is 10.9 Å². The van der Waals surface area contributed by atoms with Crippen LogP contribution in [-0.2, 0) is 10.0 Å². The van der Waals surface area contributed by atoms with Crippen LogP contribution in [0.4, 0.5) is 11.6 Å². The Morgan fingerprint density at radius 3 is 1.84 bits per heavy atom. The van der Waals surface area contributed by atoms with Gasteiger partial charge >= 0.3 is 11.6 Å². The number of primary sulfonamides is 1. The third kappa shape index (κ3) is 5.26. The summed E-state index contributed by atoms with van der Waals surface area (Å²) in [5.74, 6) is -2.12. The fraction of sp³-hybridized carbons (Fsp3) is 0. The maximum absolute atomic E-state index is 10.8. The van der Waals surface area contributed by atoms with Gasteiger partial charge in [-0.2, -0.15) is 0 Å². The molecule has 132 valence electrons. The van der Waals surface area contributed by atoms with Gasteiger partial charge in [-0.25, -0.2) is 13.6 Å². The van der Waals surface area contributed by atoms with Crippen molar-refractivity contribution in [3.05, 3.63) is 62.5 Å². The van der Waals surface area contributed by atoms with E-state index in [0.29, 0.717) is 0 Å². The molecule has 14 heteroatoms. The molecule has 4 N–H and O–H groups in total. The number of rotatable bonds is 4. The fourth-order valence-corrected chi connectivity index (χ4v) is 2.13. The van der Waals surface area contributed by atoms with Crippen molar-refractivity contribution in [2.24, 2.45) is 10.9 Å². The Labute approximate surface area is 139 Å². The summed E-state index contributed by atoms with van der Waals surface area (Å²) in [6.45, 7) is 0. The van der Waals surface area contributed by atoms with Gasteiger partial charge in [0.1, 0.15) is 18.0 Å². The van der Waals surface area contributed by atoms with Gasteiger partial charge in [-0.1, -0.05) is 0 Å². The normalized spacial score (nSPS) is 10.3. The number of nitrogens with two attached hydrogens (primary N) is 2. The summed E-state index contributed by atoms with van der Waals surface area (Å²) in [7, 11) is -4.08. The predicted octanol–water partition coefficient (Wildman–Crippen LogP) is -0.274. The molecule has 2 aromatic rings. The maximum Gasteiger partial charge on any atom is 0.383 e. The predicted molar refractivity (Wildman–Crippen MR) is 81.7 cm³/mol. The Morgan fingerprint density at radius 1 is 1.00 bits per heavy atom. The first-order valence-electron chi connectivity index (χ1n) is 6.07. The standard InChI is InChI=1S/C6H5N3O3.C5H5N3O4S/c7-5(10)4-2-1-3-8-6(4)9(11)12;6-13(11,12)4-2-1-3-7-5(4)8(9)10/h1-3H,(H2,7,10);1-3H,(H2,6,11,12). The van der Waals surface area contributed by atoms with E-state index >= 15 is 0 Å². The van der Waals surface area contributed by atoms with Crippen LogP contribution in [0.15, 0.2) is 41.6 Å². The van der Waals surface area contributed by atoms with Crippen molar-refractivity contribution in [2.45, 2.75) is 4.90 Å². The van der Waals surface area contributed by atoms with Gasteiger partial charge in [-0.3, -0.25) is 4.79 Å². The number of sulfonamides is 1. The first kappa shape index (κ1) is 19.5. The summed E-state index contributed by atoms with van der Waals surface area (Å²) in [4.78, 5) is 35.6. The Kier molecular flexibility index (Phi) is 6.13. The molecule has 2 heterocycles. The Hall–Kier alpha value is -3.52. The molecule has 0 aliphatic carbocycles. The SMILES string of the molecule is NC(=O)c1cccnc1[N+](=O)[O-].NS(=O)(=O)c1cccnc1[N+](=O)[O-]. The molecule has 0 fully saturated rings. The molecule has 0 unspecified atom stereocenters. The van der Waals surface area contributed by atoms with Crippen molar-refractivity contribution in [3.63, 3.8) is 0 Å². The van der Waals surface area contributed by atoms with Crippen LogP contribution in [0.2, 0.25) is 0 Å². The summed E-state index contributed by atoms with van der Waals surface area (Å²) < 4.78 is 21.6. The number of primary amides is 1. The van der Waals surface area contributed by atoms with E-state index < -0.39 is 42.3 Å². The highest BCUT2D eigenvalue weighted by atomic mass is 32.2. The minimum Gasteiger partial charge on any atom is -0.365 e. The number of amides is 1. The zero-order valence-electron chi connectivity index (χ0n) is 12.2. The largest absolute Gasteiger partial charge is 0.383 e. The molecule has 25 heavy (non-hydrogen) atoms. The molecular weight excluding hydrogens is 360 g/mol. The Morgan fingerprint density at radius 2 is 1.48 bits per heavy atom. The van der Waals surface area contributed by atoms with Crippen molar-refractivity contribution in [3.8, 4) is 0 Å². The molecule has 1 amide bonds. The first-order valence-corrected chi connectivity index (χ1v) is 7.61. The number of pyridine rings is 2. The van der Waals surface area contributed by atoms with Crippen LogP contribution in [-0.4, -0.2) is 34.1 Å². The van der Waals surface area contributed by atoms with Crippen LogP contribution in [0.3, 0.4) is 0 Å². The number of aromatic nitrogens is 2. The number of hydrogen-bond acceptors (Lipinski definition) is 9. The molecule has 0 radical (unpaired) electrons. The van der Waals surface area contributed by atoms with Crippen LogP contribution in [0.25, 0.3) is 0 Å². The second-order valence-corrected chi connectivity index (χ2v) is 5.65. The number of carbonyl (C=O) groups is 1. The zero-order chi connectivity index (χ0) is 19.2. The van der Waals surface area contributed by atoms with Gasteiger partial charge in [-0.15, -0.1) is 0 Å². The molecule has 0 atom stereocenters. The van der Waals surface area contributed by atoms with Crippen LogP contribution in [0.1, 0.15) is 10.4 Å². The molecule has 0 aliphatic rings. The van der Waals surface area contributed by atoms with Crippen molar-refractivity contribution in [1.82, 2.24) is 9.97 Å². The van der Waals surface area contributed by atoms with Gasteiger partial charge in [0.15, 0.2) is 4.90 Å². The lowest BCUT2D eigenvalue weighted by Crippen LogP contribution is -2.14. The minimum atomic E-state index is -4.08. The van der Waals surface area contributed by atoms with Crippen molar-refractivity contribution in [1.29, 1.82) is 0 Å². The molecular formula is C11H10N6O7S. The fourth-order valence-electron chi connectivity index (χ4n) is 1.48. The van der Waals surface area contributed by atoms with E-state index in [1.54, 1.807) is 0 Å². The van der Waals surface area contributed by atoms with Crippen molar-refractivity contribution >= 4 is 27.6 Å². The minimum absolute atomic E-state index is 0.178. The second kappa shape index (κ2) is 7.84. The average Bonchev–Trinajstić information content (AvgIpc) is 2.54. The van der Waals surface area contributed by atoms with Crippen molar-refractivity contribution in [2.75, 3.05) is 0 Å². The lowest BCUT2D eigenvalue weighted by Gasteiger charge is -1.97. The smallest absolute Gasteiger partial charge is 0.365 e. The van der Waals surface area contributed by atoms with E-state index in [1.807, 2.05) is 0 Å². The monoisotopic (exact) mass is 370 g/mol. The average molecular weight is 370 g/mol. The zero-order valence-corrected chi connectivity index (χ0v) is 13.0. The lowest BCUT2D eigenvalue weighted by molar-refractivity contribution is -0.392. The van der Waals surface area contributed by atoms with Gasteiger partial charge in [-0.05, 0) is 44.1 Å². The molecule has 2 aromatic heterocycles. The van der Waals surface area contributed by atoms with Crippen LogP contribution >= 0.6 is 0 Å². The molecule has 0 aliphatic heterocycles. The summed E-state index contributed by atoms with van der Waals surface area (Å²) >= 11 is 0. The van der Waals surface area contributed by atoms with Gasteiger partial charge < -0.3 is 26.0 Å². The van der Waals surface area contributed by atoms with E-state index in [4.69, 9.17) is 10.9 Å². The maximum atomic E-state index is 10.8. The van der Waals surface area contributed by atoms with Crippen LogP contribution in [0, 0.1) is 20.2 Å². The molecule has 0 spiro atoms. The van der Waals surface area contributed by atoms with E-state index in [9.17, 15) is 33.4 Å². The number of nitro groups is 2. The van der Waals surface area contributed by atoms with E-state index in [0.717, 1.165) is 12.3 Å². The highest BCUT2D eigenvalue weighted by Crippen LogP contribution is 2.17.